The van der Waals surface area contributed by atoms with Gasteiger partial charge < -0.3 is 10.4 Å². The van der Waals surface area contributed by atoms with E-state index in [0.29, 0.717) is 13.0 Å². The second-order valence-corrected chi connectivity index (χ2v) is 3.71. The minimum Gasteiger partial charge on any atom is -0.481 e. The smallest absolute Gasteiger partial charge is 0.303 e. The Balaban J connectivity index is 2.54. The van der Waals surface area contributed by atoms with Crippen molar-refractivity contribution in [1.29, 1.82) is 0 Å². The van der Waals surface area contributed by atoms with Crippen LogP contribution >= 0.6 is 0 Å². The number of rotatable bonds is 3. The number of nitrogens with one attached hydrogen (secondary N) is 1. The van der Waals surface area contributed by atoms with Gasteiger partial charge in [-0.1, -0.05) is 0 Å². The molecular formula is C9H16N2O3. The monoisotopic (exact) mass is 200 g/mol. The van der Waals surface area contributed by atoms with Gasteiger partial charge in [-0.05, 0) is 20.4 Å². The largest absolute Gasteiger partial charge is 0.481 e. The van der Waals surface area contributed by atoms with E-state index in [1.165, 1.54) is 0 Å². The highest BCUT2D eigenvalue weighted by molar-refractivity contribution is 5.83. The molecule has 1 saturated heterocycles. The summed E-state index contributed by atoms with van der Waals surface area (Å²) in [6, 6.07) is -0.0265. The first-order valence-electron chi connectivity index (χ1n) is 4.74. The number of aliphatic carboxylic acids is 1. The molecule has 2 unspecified atom stereocenters. The molecule has 0 bridgehead atoms. The van der Waals surface area contributed by atoms with E-state index in [1.807, 2.05) is 18.9 Å². The molecule has 1 rings (SSSR count). The SMILES string of the molecule is CC1CNC(=O)C(CCC(=O)O)N1C. The van der Waals surface area contributed by atoms with E-state index in [-0.39, 0.29) is 24.4 Å². The Labute approximate surface area is 83.1 Å². The van der Waals surface area contributed by atoms with Crippen molar-refractivity contribution in [3.63, 3.8) is 0 Å². The number of carboxylic acid groups (broad SMARTS) is 1. The number of piperazine rings is 1. The molecule has 5 nitrogen and oxygen atoms in total. The molecule has 0 radical (unpaired) electrons. The summed E-state index contributed by atoms with van der Waals surface area (Å²) >= 11 is 0. The maximum Gasteiger partial charge on any atom is 0.303 e. The molecule has 0 aliphatic carbocycles. The number of hydrogen-bond donors (Lipinski definition) is 2. The molecule has 0 spiro atoms. The number of amides is 1. The van der Waals surface area contributed by atoms with Gasteiger partial charge in [0.2, 0.25) is 5.91 Å². The van der Waals surface area contributed by atoms with E-state index < -0.39 is 5.97 Å². The van der Waals surface area contributed by atoms with Crippen LogP contribution in [0, 0.1) is 0 Å². The molecule has 0 aromatic heterocycles. The summed E-state index contributed by atoms with van der Waals surface area (Å²) in [5.74, 6) is -0.920. The quantitative estimate of drug-likeness (QED) is 0.654. The summed E-state index contributed by atoms with van der Waals surface area (Å²) in [4.78, 5) is 23.7. The lowest BCUT2D eigenvalue weighted by Gasteiger charge is -2.36. The highest BCUT2D eigenvalue weighted by atomic mass is 16.4. The zero-order valence-corrected chi connectivity index (χ0v) is 8.49. The van der Waals surface area contributed by atoms with Gasteiger partial charge in [-0.3, -0.25) is 14.5 Å². The lowest BCUT2D eigenvalue weighted by atomic mass is 10.0. The number of nitrogens with zero attached hydrogens (tertiary/aromatic N) is 1. The van der Waals surface area contributed by atoms with Gasteiger partial charge in [0.1, 0.15) is 0 Å². The van der Waals surface area contributed by atoms with Crippen LogP contribution in [0.3, 0.4) is 0 Å². The van der Waals surface area contributed by atoms with Crippen molar-refractivity contribution in [2.24, 2.45) is 0 Å². The molecular weight excluding hydrogens is 184 g/mol. The van der Waals surface area contributed by atoms with Crippen LogP contribution in [0.4, 0.5) is 0 Å². The first kappa shape index (κ1) is 11.0. The zero-order valence-electron chi connectivity index (χ0n) is 8.49. The van der Waals surface area contributed by atoms with Gasteiger partial charge >= 0.3 is 5.97 Å². The number of carbonyl (C=O) groups is 2. The van der Waals surface area contributed by atoms with Crippen molar-refractivity contribution >= 4 is 11.9 Å². The van der Waals surface area contributed by atoms with Gasteiger partial charge in [-0.25, -0.2) is 0 Å². The third-order valence-electron chi connectivity index (χ3n) is 2.69. The van der Waals surface area contributed by atoms with Crippen LogP contribution in [0.5, 0.6) is 0 Å². The molecule has 2 N–H and O–H groups in total. The number of hydrogen-bond acceptors (Lipinski definition) is 3. The van der Waals surface area contributed by atoms with Gasteiger partial charge in [-0.15, -0.1) is 0 Å². The Hall–Kier alpha value is -1.10. The summed E-state index contributed by atoms with van der Waals surface area (Å²) < 4.78 is 0. The van der Waals surface area contributed by atoms with Crippen molar-refractivity contribution in [2.75, 3.05) is 13.6 Å². The third kappa shape index (κ3) is 2.45. The summed E-state index contributed by atoms with van der Waals surface area (Å²) in [5, 5.41) is 11.3. The van der Waals surface area contributed by atoms with Crippen LogP contribution in [0.15, 0.2) is 0 Å². The van der Waals surface area contributed by atoms with Gasteiger partial charge in [0.15, 0.2) is 0 Å². The minimum atomic E-state index is -0.857. The fourth-order valence-electron chi connectivity index (χ4n) is 1.60. The topological polar surface area (TPSA) is 69.6 Å². The van der Waals surface area contributed by atoms with Crippen molar-refractivity contribution in [2.45, 2.75) is 31.8 Å². The highest BCUT2D eigenvalue weighted by Gasteiger charge is 2.31. The molecule has 0 aromatic carbocycles. The van der Waals surface area contributed by atoms with E-state index >= 15 is 0 Å². The maximum absolute atomic E-state index is 11.4. The highest BCUT2D eigenvalue weighted by Crippen LogP contribution is 2.12. The standard InChI is InChI=1S/C9H16N2O3/c1-6-5-10-9(14)7(11(6)2)3-4-8(12)13/h6-7H,3-5H2,1-2H3,(H,10,14)(H,12,13). The van der Waals surface area contributed by atoms with Crippen LogP contribution in [-0.4, -0.2) is 47.6 Å². The van der Waals surface area contributed by atoms with Gasteiger partial charge in [-0.2, -0.15) is 0 Å². The molecule has 1 heterocycles. The molecule has 5 heteroatoms. The van der Waals surface area contributed by atoms with Gasteiger partial charge in [0.05, 0.1) is 6.04 Å². The summed E-state index contributed by atoms with van der Waals surface area (Å²) in [5.41, 5.74) is 0. The molecule has 14 heavy (non-hydrogen) atoms. The fourth-order valence-corrected chi connectivity index (χ4v) is 1.60. The van der Waals surface area contributed by atoms with E-state index in [9.17, 15) is 9.59 Å². The van der Waals surface area contributed by atoms with Crippen molar-refractivity contribution < 1.29 is 14.7 Å². The van der Waals surface area contributed by atoms with Crippen LogP contribution in [0.1, 0.15) is 19.8 Å². The molecule has 1 aliphatic rings. The Bertz CT molecular complexity index is 242. The van der Waals surface area contributed by atoms with E-state index in [0.717, 1.165) is 0 Å². The number of carboxylic acids is 1. The molecule has 0 aromatic rings. The fraction of sp³-hybridized carbons (Fsp3) is 0.778. The molecule has 80 valence electrons. The predicted octanol–water partition coefficient (Wildman–Crippen LogP) is -0.330. The number of carbonyl (C=O) groups excluding carboxylic acids is 1. The first-order chi connectivity index (χ1) is 6.52. The Kier molecular flexibility index (Phi) is 3.46. The van der Waals surface area contributed by atoms with Crippen LogP contribution in [0.25, 0.3) is 0 Å². The second-order valence-electron chi connectivity index (χ2n) is 3.71. The number of likely N-dealkylation sites (N-methyl/N-ethyl adjacent to an activating group) is 1. The summed E-state index contributed by atoms with van der Waals surface area (Å²) in [7, 11) is 1.86. The Morgan fingerprint density at radius 2 is 2.36 bits per heavy atom. The van der Waals surface area contributed by atoms with Gasteiger partial charge in [0.25, 0.3) is 0 Å². The van der Waals surface area contributed by atoms with E-state index in [1.54, 1.807) is 0 Å². The zero-order chi connectivity index (χ0) is 10.7. The molecule has 1 amide bonds. The minimum absolute atomic E-state index is 0.0369. The average Bonchev–Trinajstić information content (AvgIpc) is 2.11. The van der Waals surface area contributed by atoms with Crippen molar-refractivity contribution in [3.05, 3.63) is 0 Å². The maximum atomic E-state index is 11.4. The normalized spacial score (nSPS) is 28.6. The molecule has 1 aliphatic heterocycles. The Morgan fingerprint density at radius 1 is 1.71 bits per heavy atom. The lowest BCUT2D eigenvalue weighted by Crippen LogP contribution is -2.57. The summed E-state index contributed by atoms with van der Waals surface area (Å²) in [6.07, 6.45) is 0.414. The van der Waals surface area contributed by atoms with Crippen LogP contribution in [0.2, 0.25) is 0 Å². The molecule has 0 saturated carbocycles. The first-order valence-corrected chi connectivity index (χ1v) is 4.74. The van der Waals surface area contributed by atoms with Gasteiger partial charge in [0, 0.05) is 19.0 Å². The average molecular weight is 200 g/mol. The lowest BCUT2D eigenvalue weighted by molar-refractivity contribution is -0.138. The molecule has 1 fully saturated rings. The molecule has 2 atom stereocenters. The van der Waals surface area contributed by atoms with Crippen molar-refractivity contribution in [3.8, 4) is 0 Å². The van der Waals surface area contributed by atoms with E-state index in [4.69, 9.17) is 5.11 Å². The van der Waals surface area contributed by atoms with Crippen molar-refractivity contribution in [1.82, 2.24) is 10.2 Å². The van der Waals surface area contributed by atoms with Crippen LogP contribution in [-0.2, 0) is 9.59 Å². The second kappa shape index (κ2) is 4.41. The van der Waals surface area contributed by atoms with Crippen LogP contribution < -0.4 is 5.32 Å². The third-order valence-corrected chi connectivity index (χ3v) is 2.69. The summed E-state index contributed by atoms with van der Waals surface area (Å²) in [6.45, 7) is 2.64. The Morgan fingerprint density at radius 3 is 2.93 bits per heavy atom. The predicted molar refractivity (Wildman–Crippen MR) is 50.9 cm³/mol. The van der Waals surface area contributed by atoms with E-state index in [2.05, 4.69) is 5.32 Å².